The average Bonchev–Trinajstić information content (AvgIpc) is 1.59. The molecule has 0 spiro atoms. The number of aromatic nitrogens is 2. The minimum absolute atomic E-state index is 0.333. The molecule has 4 nitrogen and oxygen atoms in total. The highest BCUT2D eigenvalue weighted by molar-refractivity contribution is 5.01. The Morgan fingerprint density at radius 2 is 2.75 bits per heavy atom. The summed E-state index contributed by atoms with van der Waals surface area (Å²) in [6.45, 7) is 0. The number of rotatable bonds is 0. The van der Waals surface area contributed by atoms with Crippen molar-refractivity contribution in [2.24, 2.45) is 0 Å². The van der Waals surface area contributed by atoms with Crippen LogP contribution in [0.3, 0.4) is 0 Å². The largest absolute Gasteiger partial charge is 0.493 e. The van der Waals surface area contributed by atoms with Gasteiger partial charge in [0.15, 0.2) is 0 Å². The molecular weight excluding hydrogens is 108 g/mol. The maximum atomic E-state index is 10.3. The van der Waals surface area contributed by atoms with Gasteiger partial charge in [0.1, 0.15) is 1.37 Å². The number of nitrogens with zero attached hydrogens (tertiary/aromatic N) is 1. The minimum Gasteiger partial charge on any atom is -0.493 e. The van der Waals surface area contributed by atoms with E-state index in [-0.39, 0.29) is 6.30 Å². The Labute approximate surface area is 46.2 Å². The van der Waals surface area contributed by atoms with Crippen LogP contribution in [0, 0.1) is 0 Å². The summed E-state index contributed by atoms with van der Waals surface area (Å²) in [6.07, 6.45) is -0.333. The Kier molecular flexibility index (Phi) is 0.754. The molecule has 1 aromatic rings. The Balaban J connectivity index is 3.33. The van der Waals surface area contributed by atoms with Crippen LogP contribution in [0.2, 0.25) is 0 Å². The van der Waals surface area contributed by atoms with Crippen molar-refractivity contribution in [2.75, 3.05) is 0 Å². The van der Waals surface area contributed by atoms with Gasteiger partial charge in [-0.15, -0.1) is 0 Å². The van der Waals surface area contributed by atoms with Crippen molar-refractivity contribution in [3.05, 3.63) is 22.7 Å². The zero-order chi connectivity index (χ0) is 6.85. The van der Waals surface area contributed by atoms with E-state index in [1.54, 1.807) is 0 Å². The molecule has 0 amide bonds. The van der Waals surface area contributed by atoms with E-state index in [1.807, 2.05) is 0 Å². The normalized spacial score (nSPS) is 10.8. The average molecular weight is 113 g/mol. The molecule has 8 heavy (non-hydrogen) atoms. The fourth-order valence-electron chi connectivity index (χ4n) is 0.326. The summed E-state index contributed by atoms with van der Waals surface area (Å²) in [5.41, 5.74) is -0.521. The predicted molar refractivity (Wildman–Crippen MR) is 26.5 cm³/mol. The van der Waals surface area contributed by atoms with Crippen molar-refractivity contribution in [3.8, 4) is 5.88 Å². The highest BCUT2D eigenvalue weighted by Crippen LogP contribution is 1.90. The molecule has 0 atom stereocenters. The number of nitrogens with one attached hydrogen (secondary N) is 1. The first kappa shape index (κ1) is 3.65. The summed E-state index contributed by atoms with van der Waals surface area (Å²) in [6, 6.07) is 0.901. The van der Waals surface area contributed by atoms with Gasteiger partial charge < -0.3 is 10.1 Å². The van der Waals surface area contributed by atoms with E-state index in [0.29, 0.717) is 0 Å². The van der Waals surface area contributed by atoms with Crippen molar-refractivity contribution in [1.82, 2.24) is 9.97 Å². The second-order valence-corrected chi connectivity index (χ2v) is 1.22. The maximum Gasteiger partial charge on any atom is 0.254 e. The molecule has 1 heterocycles. The summed E-state index contributed by atoms with van der Waals surface area (Å²) >= 11 is 0. The van der Waals surface area contributed by atoms with E-state index in [2.05, 4.69) is 9.97 Å². The molecule has 4 heteroatoms. The molecule has 0 radical (unpaired) electrons. The van der Waals surface area contributed by atoms with Gasteiger partial charge in [-0.2, -0.15) is 0 Å². The number of hydrogen-bond acceptors (Lipinski definition) is 3. The topological polar surface area (TPSA) is 66.0 Å². The zero-order valence-electron chi connectivity index (χ0n) is 4.88. The van der Waals surface area contributed by atoms with Gasteiger partial charge in [0.2, 0.25) is 5.88 Å². The van der Waals surface area contributed by atoms with Crippen LogP contribution < -0.4 is 5.56 Å². The molecular formula is C4H4N2O2. The molecule has 0 unspecified atom stereocenters. The standard InChI is InChI=1S/C4H4N2O2/c7-3-1-4(8)6-2-5-3/h1-2H,(H2,5,6,7,8)/i2D. The predicted octanol–water partition coefficient (Wildman–Crippen LogP) is -0.525. The lowest BCUT2D eigenvalue weighted by Gasteiger charge is -1.82. The lowest BCUT2D eigenvalue weighted by Crippen LogP contribution is -2.01. The SMILES string of the molecule is [2H]c1nc(O)cc(=O)[nH]1. The van der Waals surface area contributed by atoms with Crippen molar-refractivity contribution >= 4 is 0 Å². The monoisotopic (exact) mass is 113 g/mol. The Hall–Kier alpha value is -1.32. The number of hydrogen-bond donors (Lipinski definition) is 2. The quantitative estimate of drug-likeness (QED) is 0.475. The molecule has 0 aliphatic carbocycles. The van der Waals surface area contributed by atoms with Crippen LogP contribution in [0.25, 0.3) is 0 Å². The Morgan fingerprint density at radius 3 is 3.25 bits per heavy atom. The van der Waals surface area contributed by atoms with Crippen LogP contribution in [-0.4, -0.2) is 15.1 Å². The molecule has 1 aromatic heterocycles. The Bertz CT molecular complexity index is 246. The van der Waals surface area contributed by atoms with E-state index < -0.39 is 11.4 Å². The van der Waals surface area contributed by atoms with Crippen molar-refractivity contribution in [2.45, 2.75) is 0 Å². The summed E-state index contributed by atoms with van der Waals surface area (Å²) in [5, 5.41) is 8.54. The first-order chi connectivity index (χ1) is 4.18. The van der Waals surface area contributed by atoms with Crippen LogP contribution in [-0.2, 0) is 0 Å². The van der Waals surface area contributed by atoms with Crippen molar-refractivity contribution < 1.29 is 6.48 Å². The van der Waals surface area contributed by atoms with E-state index in [4.69, 9.17) is 6.48 Å². The smallest absolute Gasteiger partial charge is 0.254 e. The van der Waals surface area contributed by atoms with Gasteiger partial charge in [-0.3, -0.25) is 4.79 Å². The van der Waals surface area contributed by atoms with Gasteiger partial charge >= 0.3 is 0 Å². The van der Waals surface area contributed by atoms with E-state index in [9.17, 15) is 4.79 Å². The molecule has 1 rings (SSSR count). The van der Waals surface area contributed by atoms with Crippen LogP contribution in [0.5, 0.6) is 5.88 Å². The van der Waals surface area contributed by atoms with Crippen molar-refractivity contribution in [3.63, 3.8) is 0 Å². The summed E-state index contributed by atoms with van der Waals surface area (Å²) in [4.78, 5) is 15.6. The molecule has 0 saturated carbocycles. The molecule has 0 aliphatic rings. The number of aromatic hydroxyl groups is 1. The van der Waals surface area contributed by atoms with E-state index in [1.165, 1.54) is 0 Å². The summed E-state index contributed by atoms with van der Waals surface area (Å²) in [5.74, 6) is -0.427. The van der Waals surface area contributed by atoms with Crippen LogP contribution >= 0.6 is 0 Å². The number of H-pyrrole nitrogens is 1. The second kappa shape index (κ2) is 1.65. The molecule has 0 saturated heterocycles. The first-order valence-electron chi connectivity index (χ1n) is 2.45. The van der Waals surface area contributed by atoms with Crippen LogP contribution in [0.1, 0.15) is 1.37 Å². The van der Waals surface area contributed by atoms with Crippen LogP contribution in [0.15, 0.2) is 17.2 Å². The van der Waals surface area contributed by atoms with Crippen LogP contribution in [0.4, 0.5) is 0 Å². The summed E-state index contributed by atoms with van der Waals surface area (Å²) in [7, 11) is 0. The molecule has 0 aromatic carbocycles. The van der Waals surface area contributed by atoms with Gasteiger partial charge in [-0.05, 0) is 0 Å². The fraction of sp³-hybridized carbons (Fsp3) is 0. The third kappa shape index (κ3) is 0.841. The second-order valence-electron chi connectivity index (χ2n) is 1.22. The molecule has 0 aliphatic heterocycles. The van der Waals surface area contributed by atoms with Gasteiger partial charge in [0, 0.05) is 0 Å². The minimum atomic E-state index is -0.521. The first-order valence-corrected chi connectivity index (χ1v) is 1.95. The Morgan fingerprint density at radius 1 is 2.00 bits per heavy atom. The van der Waals surface area contributed by atoms with Crippen molar-refractivity contribution in [1.29, 1.82) is 0 Å². The molecule has 0 bridgehead atoms. The van der Waals surface area contributed by atoms with Gasteiger partial charge in [0.05, 0.1) is 12.4 Å². The third-order valence-corrected chi connectivity index (χ3v) is 0.610. The lowest BCUT2D eigenvalue weighted by atomic mass is 10.6. The fourth-order valence-corrected chi connectivity index (χ4v) is 0.326. The molecule has 42 valence electrons. The highest BCUT2D eigenvalue weighted by atomic mass is 16.3. The molecule has 0 fully saturated rings. The molecule has 2 N–H and O–H groups in total. The van der Waals surface area contributed by atoms with E-state index in [0.717, 1.165) is 6.07 Å². The maximum absolute atomic E-state index is 10.3. The van der Waals surface area contributed by atoms with Gasteiger partial charge in [0.25, 0.3) is 5.56 Å². The van der Waals surface area contributed by atoms with Gasteiger partial charge in [-0.1, -0.05) is 0 Å². The lowest BCUT2D eigenvalue weighted by molar-refractivity contribution is 0.451. The van der Waals surface area contributed by atoms with E-state index >= 15 is 0 Å². The highest BCUT2D eigenvalue weighted by Gasteiger charge is 1.84. The zero-order valence-corrected chi connectivity index (χ0v) is 3.88. The van der Waals surface area contributed by atoms with Gasteiger partial charge in [-0.25, -0.2) is 4.98 Å². The third-order valence-electron chi connectivity index (χ3n) is 0.610. The number of aromatic amines is 1. The summed E-state index contributed by atoms with van der Waals surface area (Å²) < 4.78 is 6.75.